The zero-order valence-corrected chi connectivity index (χ0v) is 13.1. The van der Waals surface area contributed by atoms with Gasteiger partial charge in [-0.25, -0.2) is 15.0 Å². The summed E-state index contributed by atoms with van der Waals surface area (Å²) in [7, 11) is 0. The molecule has 0 spiro atoms. The van der Waals surface area contributed by atoms with Crippen LogP contribution in [0.25, 0.3) is 11.0 Å². The van der Waals surface area contributed by atoms with Crippen LogP contribution >= 0.6 is 23.2 Å². The lowest BCUT2D eigenvalue weighted by Gasteiger charge is -2.08. The third-order valence-corrected chi connectivity index (χ3v) is 3.69. The minimum atomic E-state index is 0.528. The lowest BCUT2D eigenvalue weighted by Crippen LogP contribution is -2.08. The van der Waals surface area contributed by atoms with Gasteiger partial charge in [0, 0.05) is 23.5 Å². The van der Waals surface area contributed by atoms with Crippen molar-refractivity contribution >= 4 is 34.2 Å². The lowest BCUT2D eigenvalue weighted by atomic mass is 10.3. The van der Waals surface area contributed by atoms with Crippen LogP contribution in [-0.2, 0) is 13.0 Å². The maximum atomic E-state index is 6.04. The van der Waals surface area contributed by atoms with E-state index >= 15 is 0 Å². The van der Waals surface area contributed by atoms with Gasteiger partial charge in [0.05, 0.1) is 23.3 Å². The van der Waals surface area contributed by atoms with Crippen LogP contribution in [0.2, 0.25) is 5.02 Å². The number of halogens is 2. The fourth-order valence-corrected chi connectivity index (χ4v) is 2.70. The maximum absolute atomic E-state index is 6.04. The summed E-state index contributed by atoms with van der Waals surface area (Å²) in [5.74, 6) is 2.23. The number of nitrogens with zero attached hydrogens (tertiary/aromatic N) is 4. The van der Waals surface area contributed by atoms with Crippen LogP contribution in [0, 0.1) is 6.92 Å². The smallest absolute Gasteiger partial charge is 0.125 e. The van der Waals surface area contributed by atoms with E-state index in [1.54, 1.807) is 6.20 Å². The molecule has 1 aromatic carbocycles. The monoisotopic (exact) mass is 320 g/mol. The molecule has 3 aromatic rings. The van der Waals surface area contributed by atoms with Gasteiger partial charge in [-0.3, -0.25) is 0 Å². The van der Waals surface area contributed by atoms with E-state index in [9.17, 15) is 0 Å². The number of aryl methyl sites for hydroxylation is 2. The van der Waals surface area contributed by atoms with Crippen LogP contribution in [0.5, 0.6) is 0 Å². The minimum Gasteiger partial charge on any atom is -0.322 e. The molecule has 6 heteroatoms. The number of rotatable bonds is 4. The van der Waals surface area contributed by atoms with Crippen LogP contribution in [-0.4, -0.2) is 25.4 Å². The first-order valence-electron chi connectivity index (χ1n) is 6.66. The predicted octanol–water partition coefficient (Wildman–Crippen LogP) is 3.62. The van der Waals surface area contributed by atoms with Crippen LogP contribution in [0.3, 0.4) is 0 Å². The average molecular weight is 321 g/mol. The third-order valence-electron chi connectivity index (χ3n) is 3.26. The first kappa shape index (κ1) is 14.3. The highest BCUT2D eigenvalue weighted by Crippen LogP contribution is 2.22. The van der Waals surface area contributed by atoms with Crippen LogP contribution < -0.4 is 0 Å². The number of fused-ring (bicyclic) bond motifs is 1. The molecule has 0 saturated heterocycles. The summed E-state index contributed by atoms with van der Waals surface area (Å²) in [6, 6.07) is 7.64. The molecule has 0 amide bonds. The Morgan fingerprint density at radius 2 is 2.05 bits per heavy atom. The van der Waals surface area contributed by atoms with E-state index in [2.05, 4.69) is 19.5 Å². The Labute approximate surface area is 132 Å². The summed E-state index contributed by atoms with van der Waals surface area (Å²) in [6.45, 7) is 2.53. The first-order chi connectivity index (χ1) is 10.2. The van der Waals surface area contributed by atoms with Gasteiger partial charge in [0.15, 0.2) is 0 Å². The van der Waals surface area contributed by atoms with Crippen molar-refractivity contribution in [1.29, 1.82) is 0 Å². The molecule has 0 saturated carbocycles. The fraction of sp³-hybridized carbons (Fsp3) is 0.267. The Morgan fingerprint density at radius 1 is 1.19 bits per heavy atom. The molecule has 108 valence electrons. The maximum Gasteiger partial charge on any atom is 0.125 e. The second-order valence-corrected chi connectivity index (χ2v) is 5.60. The molecule has 21 heavy (non-hydrogen) atoms. The van der Waals surface area contributed by atoms with Crippen molar-refractivity contribution in [2.45, 2.75) is 19.9 Å². The molecule has 0 atom stereocenters. The third kappa shape index (κ3) is 3.01. The van der Waals surface area contributed by atoms with Gasteiger partial charge in [0.25, 0.3) is 0 Å². The summed E-state index contributed by atoms with van der Waals surface area (Å²) < 4.78 is 2.13. The summed E-state index contributed by atoms with van der Waals surface area (Å²) in [6.07, 6.45) is 2.48. The van der Waals surface area contributed by atoms with Gasteiger partial charge >= 0.3 is 0 Å². The van der Waals surface area contributed by atoms with E-state index in [1.807, 2.05) is 31.2 Å². The van der Waals surface area contributed by atoms with Crippen molar-refractivity contribution in [2.75, 3.05) is 5.88 Å². The van der Waals surface area contributed by atoms with Gasteiger partial charge in [-0.2, -0.15) is 0 Å². The number of benzene rings is 1. The van der Waals surface area contributed by atoms with Gasteiger partial charge in [0.1, 0.15) is 11.6 Å². The van der Waals surface area contributed by atoms with Crippen LogP contribution in [0.4, 0.5) is 0 Å². The van der Waals surface area contributed by atoms with Crippen molar-refractivity contribution in [3.05, 3.63) is 52.8 Å². The van der Waals surface area contributed by atoms with Crippen molar-refractivity contribution in [3.8, 4) is 0 Å². The van der Waals surface area contributed by atoms with E-state index in [-0.39, 0.29) is 0 Å². The molecule has 0 aliphatic rings. The second-order valence-electron chi connectivity index (χ2n) is 4.78. The van der Waals surface area contributed by atoms with E-state index in [0.29, 0.717) is 23.9 Å². The summed E-state index contributed by atoms with van der Waals surface area (Å²) in [5, 5.41) is 0.683. The molecule has 4 nitrogen and oxygen atoms in total. The Kier molecular flexibility index (Phi) is 4.08. The fourth-order valence-electron chi connectivity index (χ4n) is 2.36. The molecule has 0 aliphatic carbocycles. The average Bonchev–Trinajstić information content (AvgIpc) is 2.76. The topological polar surface area (TPSA) is 43.6 Å². The highest BCUT2D eigenvalue weighted by atomic mass is 35.5. The zero-order valence-electron chi connectivity index (χ0n) is 11.6. The highest BCUT2D eigenvalue weighted by Gasteiger charge is 2.12. The molecule has 0 unspecified atom stereocenters. The normalized spacial score (nSPS) is 11.2. The molecule has 0 aliphatic heterocycles. The van der Waals surface area contributed by atoms with E-state index < -0.39 is 0 Å². The largest absolute Gasteiger partial charge is 0.322 e. The minimum absolute atomic E-state index is 0.528. The number of hydrogen-bond donors (Lipinski definition) is 0. The molecule has 0 fully saturated rings. The van der Waals surface area contributed by atoms with Gasteiger partial charge < -0.3 is 4.57 Å². The van der Waals surface area contributed by atoms with Crippen LogP contribution in [0.15, 0.2) is 30.5 Å². The molecular weight excluding hydrogens is 307 g/mol. The lowest BCUT2D eigenvalue weighted by molar-refractivity contribution is 0.731. The quantitative estimate of drug-likeness (QED) is 0.689. The van der Waals surface area contributed by atoms with Crippen molar-refractivity contribution in [1.82, 2.24) is 19.5 Å². The summed E-state index contributed by atoms with van der Waals surface area (Å²) in [4.78, 5) is 13.2. The number of aromatic nitrogens is 4. The van der Waals surface area contributed by atoms with Crippen molar-refractivity contribution in [2.24, 2.45) is 0 Å². The Morgan fingerprint density at radius 3 is 2.81 bits per heavy atom. The molecule has 0 N–H and O–H groups in total. The molecular formula is C15H14Cl2N4. The molecule has 2 heterocycles. The molecule has 0 bridgehead atoms. The molecule has 0 radical (unpaired) electrons. The number of hydrogen-bond acceptors (Lipinski definition) is 3. The van der Waals surface area contributed by atoms with E-state index in [0.717, 1.165) is 28.4 Å². The predicted molar refractivity (Wildman–Crippen MR) is 85.0 cm³/mol. The van der Waals surface area contributed by atoms with Crippen molar-refractivity contribution < 1.29 is 0 Å². The van der Waals surface area contributed by atoms with Gasteiger partial charge in [-0.15, -0.1) is 11.6 Å². The molecule has 3 rings (SSSR count). The number of alkyl halides is 1. The Hall–Kier alpha value is -1.65. The zero-order chi connectivity index (χ0) is 14.8. The Balaban J connectivity index is 2.08. The highest BCUT2D eigenvalue weighted by molar-refractivity contribution is 6.31. The second kappa shape index (κ2) is 6.00. The molecule has 2 aromatic heterocycles. The summed E-state index contributed by atoms with van der Waals surface area (Å²) in [5.41, 5.74) is 2.87. The van der Waals surface area contributed by atoms with Crippen molar-refractivity contribution in [3.63, 3.8) is 0 Å². The standard InChI is InChI=1S/C15H14Cl2N4/c1-10-18-7-5-12(19-10)9-21-14-3-2-11(17)8-13(14)20-15(21)4-6-16/h2-3,5,7-8H,4,6,9H2,1H3. The van der Waals surface area contributed by atoms with Crippen LogP contribution in [0.1, 0.15) is 17.3 Å². The van der Waals surface area contributed by atoms with E-state index in [4.69, 9.17) is 23.2 Å². The first-order valence-corrected chi connectivity index (χ1v) is 7.58. The van der Waals surface area contributed by atoms with Gasteiger partial charge in [-0.1, -0.05) is 11.6 Å². The summed E-state index contributed by atoms with van der Waals surface area (Å²) >= 11 is 11.9. The van der Waals surface area contributed by atoms with E-state index in [1.165, 1.54) is 0 Å². The SMILES string of the molecule is Cc1nccc(Cn2c(CCCl)nc3cc(Cl)ccc32)n1. The van der Waals surface area contributed by atoms with Gasteiger partial charge in [-0.05, 0) is 31.2 Å². The van der Waals surface area contributed by atoms with Gasteiger partial charge in [0.2, 0.25) is 0 Å². The number of imidazole rings is 1. The Bertz CT molecular complexity index is 782.